The van der Waals surface area contributed by atoms with Crippen molar-refractivity contribution in [3.8, 4) is 5.75 Å². The van der Waals surface area contributed by atoms with E-state index < -0.39 is 8.32 Å². The monoisotopic (exact) mass is 298 g/mol. The maximum atomic E-state index is 6.06. The van der Waals surface area contributed by atoms with E-state index in [-0.39, 0.29) is 0 Å². The Morgan fingerprint density at radius 1 is 1.10 bits per heavy atom. The Morgan fingerprint density at radius 3 is 2.57 bits per heavy atom. The molecular weight excluding hydrogens is 276 g/mol. The lowest BCUT2D eigenvalue weighted by Crippen LogP contribution is -2.29. The predicted octanol–water partition coefficient (Wildman–Crippen LogP) is 4.55. The molecule has 0 aliphatic rings. The van der Waals surface area contributed by atoms with Crippen molar-refractivity contribution in [1.29, 1.82) is 0 Å². The Hall–Kier alpha value is -1.94. The van der Waals surface area contributed by atoms with Crippen molar-refractivity contribution in [2.24, 2.45) is 4.99 Å². The second kappa shape index (κ2) is 6.67. The van der Waals surface area contributed by atoms with E-state index in [0.29, 0.717) is 0 Å². The van der Waals surface area contributed by atoms with Gasteiger partial charge in [0.2, 0.25) is 8.32 Å². The summed E-state index contributed by atoms with van der Waals surface area (Å²) in [6.45, 7) is 8.51. The standard InChI is InChI=1S/C17H22N2OSi/c1-14-8-7-9-15(19-14)12-13-18-16-10-5-6-11-17(16)20-21(2,3)4/h5-11,13H,12H2,1-4H3. The van der Waals surface area contributed by atoms with Crippen molar-refractivity contribution in [2.45, 2.75) is 33.0 Å². The number of nitrogens with zero attached hydrogens (tertiary/aromatic N) is 2. The van der Waals surface area contributed by atoms with Gasteiger partial charge in [-0.2, -0.15) is 0 Å². The van der Waals surface area contributed by atoms with E-state index in [9.17, 15) is 0 Å². The summed E-state index contributed by atoms with van der Waals surface area (Å²) < 4.78 is 6.06. The fraction of sp³-hybridized carbons (Fsp3) is 0.294. The predicted molar refractivity (Wildman–Crippen MR) is 91.2 cm³/mol. The number of pyridine rings is 1. The Labute approximate surface area is 127 Å². The van der Waals surface area contributed by atoms with Crippen molar-refractivity contribution in [3.05, 3.63) is 53.9 Å². The van der Waals surface area contributed by atoms with Crippen molar-refractivity contribution in [3.63, 3.8) is 0 Å². The van der Waals surface area contributed by atoms with Gasteiger partial charge in [0.25, 0.3) is 0 Å². The zero-order chi connectivity index (χ0) is 15.3. The van der Waals surface area contributed by atoms with Crippen molar-refractivity contribution in [2.75, 3.05) is 0 Å². The number of hydrogen-bond donors (Lipinski definition) is 0. The van der Waals surface area contributed by atoms with Gasteiger partial charge in [0.05, 0.1) is 0 Å². The Morgan fingerprint density at radius 2 is 1.86 bits per heavy atom. The number of aryl methyl sites for hydroxylation is 1. The Kier molecular flexibility index (Phi) is 4.91. The summed E-state index contributed by atoms with van der Waals surface area (Å²) in [5, 5.41) is 0. The largest absolute Gasteiger partial charge is 0.543 e. The molecule has 1 aromatic heterocycles. The van der Waals surface area contributed by atoms with Crippen LogP contribution in [-0.4, -0.2) is 19.5 Å². The molecule has 0 fully saturated rings. The SMILES string of the molecule is Cc1cccc(CC=Nc2ccccc2O[Si](C)(C)C)n1. The second-order valence-corrected chi connectivity index (χ2v) is 10.4. The van der Waals surface area contributed by atoms with E-state index in [4.69, 9.17) is 4.43 Å². The first kappa shape index (κ1) is 15.4. The summed E-state index contributed by atoms with van der Waals surface area (Å²) in [6.07, 6.45) is 2.62. The van der Waals surface area contributed by atoms with Crippen molar-refractivity contribution >= 4 is 20.2 Å². The fourth-order valence-electron chi connectivity index (χ4n) is 1.93. The number of para-hydroxylation sites is 2. The average molecular weight is 298 g/mol. The highest BCUT2D eigenvalue weighted by molar-refractivity contribution is 6.70. The van der Waals surface area contributed by atoms with Gasteiger partial charge >= 0.3 is 0 Å². The van der Waals surface area contributed by atoms with Gasteiger partial charge in [-0.15, -0.1) is 0 Å². The molecule has 0 aliphatic carbocycles. The molecule has 0 saturated heterocycles. The summed E-state index contributed by atoms with van der Waals surface area (Å²) in [7, 11) is -1.63. The summed E-state index contributed by atoms with van der Waals surface area (Å²) in [4.78, 5) is 9.02. The molecule has 0 N–H and O–H groups in total. The minimum absolute atomic E-state index is 0.725. The van der Waals surface area contributed by atoms with Gasteiger partial charge in [-0.05, 0) is 50.8 Å². The molecule has 0 radical (unpaired) electrons. The van der Waals surface area contributed by atoms with E-state index in [0.717, 1.165) is 29.2 Å². The third-order valence-corrected chi connectivity index (χ3v) is 3.59. The highest BCUT2D eigenvalue weighted by Gasteiger charge is 2.17. The topological polar surface area (TPSA) is 34.5 Å². The molecule has 0 amide bonds. The first-order valence-corrected chi connectivity index (χ1v) is 10.6. The molecule has 0 spiro atoms. The van der Waals surface area contributed by atoms with Gasteiger partial charge in [0.1, 0.15) is 11.4 Å². The number of rotatable bonds is 5. The summed E-state index contributed by atoms with van der Waals surface area (Å²) >= 11 is 0. The van der Waals surface area contributed by atoms with Crippen LogP contribution in [0.2, 0.25) is 19.6 Å². The van der Waals surface area contributed by atoms with Crippen LogP contribution in [-0.2, 0) is 6.42 Å². The van der Waals surface area contributed by atoms with Gasteiger partial charge < -0.3 is 4.43 Å². The molecule has 2 rings (SSSR count). The third-order valence-electron chi connectivity index (χ3n) is 2.76. The van der Waals surface area contributed by atoms with E-state index in [2.05, 4.69) is 29.6 Å². The molecule has 110 valence electrons. The molecule has 2 aromatic rings. The minimum Gasteiger partial charge on any atom is -0.543 e. The highest BCUT2D eigenvalue weighted by atomic mass is 28.4. The van der Waals surface area contributed by atoms with Crippen LogP contribution in [0.5, 0.6) is 5.75 Å². The zero-order valence-corrected chi connectivity index (χ0v) is 14.1. The Bertz CT molecular complexity index is 633. The lowest BCUT2D eigenvalue weighted by molar-refractivity contribution is 0.559. The summed E-state index contributed by atoms with van der Waals surface area (Å²) in [5.41, 5.74) is 2.94. The molecule has 0 bridgehead atoms. The molecule has 0 atom stereocenters. The molecule has 21 heavy (non-hydrogen) atoms. The summed E-state index contributed by atoms with van der Waals surface area (Å²) in [5.74, 6) is 0.866. The fourth-order valence-corrected chi connectivity index (χ4v) is 2.76. The van der Waals surface area contributed by atoms with E-state index in [1.807, 2.05) is 55.6 Å². The second-order valence-electron chi connectivity index (χ2n) is 5.97. The number of aromatic nitrogens is 1. The van der Waals surface area contributed by atoms with Crippen LogP contribution in [0, 0.1) is 6.92 Å². The molecule has 0 aliphatic heterocycles. The van der Waals surface area contributed by atoms with Crippen LogP contribution in [0.1, 0.15) is 11.4 Å². The van der Waals surface area contributed by atoms with E-state index in [1.165, 1.54) is 0 Å². The van der Waals surface area contributed by atoms with Crippen LogP contribution in [0.3, 0.4) is 0 Å². The van der Waals surface area contributed by atoms with Gasteiger partial charge in [0, 0.05) is 24.0 Å². The molecular formula is C17H22N2OSi. The highest BCUT2D eigenvalue weighted by Crippen LogP contribution is 2.28. The number of aliphatic imine (C=N–C) groups is 1. The van der Waals surface area contributed by atoms with Crippen LogP contribution in [0.4, 0.5) is 5.69 Å². The lowest BCUT2D eigenvalue weighted by Gasteiger charge is -2.20. The normalized spacial score (nSPS) is 11.8. The van der Waals surface area contributed by atoms with Crippen LogP contribution in [0.25, 0.3) is 0 Å². The van der Waals surface area contributed by atoms with Crippen molar-refractivity contribution in [1.82, 2.24) is 4.98 Å². The first-order valence-electron chi connectivity index (χ1n) is 7.17. The van der Waals surface area contributed by atoms with Crippen LogP contribution in [0.15, 0.2) is 47.5 Å². The molecule has 0 unspecified atom stereocenters. The third kappa shape index (κ3) is 5.15. The quantitative estimate of drug-likeness (QED) is 0.599. The maximum Gasteiger partial charge on any atom is 0.242 e. The van der Waals surface area contributed by atoms with Gasteiger partial charge in [-0.3, -0.25) is 9.98 Å². The van der Waals surface area contributed by atoms with Gasteiger partial charge in [0.15, 0.2) is 0 Å². The maximum absolute atomic E-state index is 6.06. The molecule has 4 heteroatoms. The van der Waals surface area contributed by atoms with Crippen LogP contribution < -0.4 is 4.43 Å². The average Bonchev–Trinajstić information content (AvgIpc) is 2.39. The summed E-state index contributed by atoms with van der Waals surface area (Å²) in [6, 6.07) is 14.0. The molecule has 3 nitrogen and oxygen atoms in total. The van der Waals surface area contributed by atoms with Gasteiger partial charge in [-0.25, -0.2) is 0 Å². The van der Waals surface area contributed by atoms with Crippen molar-refractivity contribution < 1.29 is 4.43 Å². The molecule has 1 aromatic carbocycles. The number of benzene rings is 1. The zero-order valence-electron chi connectivity index (χ0n) is 13.1. The van der Waals surface area contributed by atoms with Crippen LogP contribution >= 0.6 is 0 Å². The van der Waals surface area contributed by atoms with E-state index in [1.54, 1.807) is 0 Å². The Balaban J connectivity index is 2.10. The van der Waals surface area contributed by atoms with Gasteiger partial charge in [-0.1, -0.05) is 18.2 Å². The minimum atomic E-state index is -1.63. The lowest BCUT2D eigenvalue weighted by atomic mass is 10.2. The smallest absolute Gasteiger partial charge is 0.242 e. The molecule has 1 heterocycles. The number of hydrogen-bond acceptors (Lipinski definition) is 3. The molecule has 0 saturated carbocycles. The first-order chi connectivity index (χ1) is 9.94. The van der Waals surface area contributed by atoms with E-state index >= 15 is 0 Å².